The van der Waals surface area contributed by atoms with Crippen molar-refractivity contribution >= 4 is 12.0 Å². The molecule has 0 bridgehead atoms. The van der Waals surface area contributed by atoms with Gasteiger partial charge in [0.05, 0.1) is 6.61 Å². The average Bonchev–Trinajstić information content (AvgIpc) is 2.51. The van der Waals surface area contributed by atoms with Gasteiger partial charge in [-0.15, -0.1) is 0 Å². The molecule has 0 amide bonds. The second-order valence-corrected chi connectivity index (χ2v) is 5.61. The Balaban J connectivity index is 0. The van der Waals surface area contributed by atoms with Crippen LogP contribution in [0, 0.1) is 5.41 Å². The first-order chi connectivity index (χ1) is 10.7. The topological polar surface area (TPSA) is 67.2 Å². The summed E-state index contributed by atoms with van der Waals surface area (Å²) in [6.07, 6.45) is 16.8. The van der Waals surface area contributed by atoms with Gasteiger partial charge in [-0.05, 0) is 12.8 Å². The van der Waals surface area contributed by atoms with Gasteiger partial charge in [-0.25, -0.2) is 10.2 Å². The number of ether oxygens (including phenoxy) is 1. The van der Waals surface area contributed by atoms with E-state index in [1.807, 2.05) is 6.92 Å². The van der Waals surface area contributed by atoms with Gasteiger partial charge in [0, 0.05) is 6.42 Å². The third kappa shape index (κ3) is 23.9. The lowest BCUT2D eigenvalue weighted by Gasteiger charge is -2.03. The summed E-state index contributed by atoms with van der Waals surface area (Å²) in [6.45, 7) is 4.87. The molecular formula is C18H35NO3. The van der Waals surface area contributed by atoms with Crippen LogP contribution in [0.3, 0.4) is 0 Å². The van der Waals surface area contributed by atoms with Crippen LogP contribution in [0.15, 0.2) is 0 Å². The summed E-state index contributed by atoms with van der Waals surface area (Å²) < 4.78 is 5.04. The number of rotatable bonds is 14. The average molecular weight is 313 g/mol. The summed E-state index contributed by atoms with van der Waals surface area (Å²) in [5.74, 6) is -0.0159. The van der Waals surface area contributed by atoms with E-state index < -0.39 is 0 Å². The molecule has 0 atom stereocenters. The first kappa shape index (κ1) is 23.1. The van der Waals surface area contributed by atoms with Crippen LogP contribution in [0.4, 0.5) is 0 Å². The van der Waals surface area contributed by atoms with E-state index in [2.05, 4.69) is 6.92 Å². The third-order valence-corrected chi connectivity index (χ3v) is 3.45. The van der Waals surface area contributed by atoms with E-state index in [-0.39, 0.29) is 5.97 Å². The van der Waals surface area contributed by atoms with Crippen LogP contribution in [-0.4, -0.2) is 18.7 Å². The molecule has 0 aliphatic heterocycles. The first-order valence-corrected chi connectivity index (χ1v) is 8.92. The molecular weight excluding hydrogens is 278 g/mol. The minimum Gasteiger partial charge on any atom is -0.466 e. The summed E-state index contributed by atoms with van der Waals surface area (Å²) in [6, 6.07) is 0. The molecule has 1 N–H and O–H groups in total. The van der Waals surface area contributed by atoms with Gasteiger partial charge < -0.3 is 4.74 Å². The van der Waals surface area contributed by atoms with E-state index >= 15 is 0 Å². The molecule has 0 aliphatic rings. The van der Waals surface area contributed by atoms with E-state index in [1.54, 1.807) is 0 Å². The molecule has 0 aromatic heterocycles. The number of hydrogen-bond acceptors (Lipinski definition) is 4. The van der Waals surface area contributed by atoms with Crippen LogP contribution in [0.25, 0.3) is 0 Å². The van der Waals surface area contributed by atoms with Gasteiger partial charge in [-0.2, -0.15) is 0 Å². The summed E-state index contributed by atoms with van der Waals surface area (Å²) in [5.41, 5.74) is 0. The van der Waals surface area contributed by atoms with Crippen LogP contribution >= 0.6 is 0 Å². The molecule has 4 nitrogen and oxygen atoms in total. The highest BCUT2D eigenvalue weighted by Gasteiger charge is 2.01. The molecule has 0 aromatic rings. The van der Waals surface area contributed by atoms with Gasteiger partial charge in [0.15, 0.2) is 0 Å². The Bertz CT molecular complexity index is 261. The maximum absolute atomic E-state index is 11.2. The normalized spacial score (nSPS) is 9.55. The standard InChI is InChI=1S/C17H34O2.CHNO/c1-3-5-6-7-8-9-10-11-12-13-14-15-17(18)19-16-4-2;2-1-3/h3-16H2,1-2H3;2H. The van der Waals surface area contributed by atoms with Gasteiger partial charge in [0.2, 0.25) is 6.08 Å². The Morgan fingerprint density at radius 1 is 0.818 bits per heavy atom. The van der Waals surface area contributed by atoms with E-state index in [4.69, 9.17) is 14.9 Å². The molecule has 0 unspecified atom stereocenters. The van der Waals surface area contributed by atoms with Crippen molar-refractivity contribution in [1.82, 2.24) is 0 Å². The number of esters is 1. The summed E-state index contributed by atoms with van der Waals surface area (Å²) in [7, 11) is 0. The minimum absolute atomic E-state index is 0.0159. The monoisotopic (exact) mass is 313 g/mol. The number of carbonyl (C=O) groups excluding carboxylic acids is 2. The molecule has 0 saturated heterocycles. The van der Waals surface area contributed by atoms with Gasteiger partial charge in [0.25, 0.3) is 0 Å². The van der Waals surface area contributed by atoms with Gasteiger partial charge in [0.1, 0.15) is 0 Å². The first-order valence-electron chi connectivity index (χ1n) is 8.92. The van der Waals surface area contributed by atoms with E-state index in [1.165, 1.54) is 64.2 Å². The Labute approximate surface area is 136 Å². The fourth-order valence-electron chi connectivity index (χ4n) is 2.22. The van der Waals surface area contributed by atoms with Crippen LogP contribution in [0.2, 0.25) is 0 Å². The molecule has 0 fully saturated rings. The second kappa shape index (κ2) is 22.1. The Hall–Kier alpha value is -1.15. The molecule has 0 spiro atoms. The number of isocyanates is 1. The Morgan fingerprint density at radius 3 is 1.64 bits per heavy atom. The molecule has 4 heteroatoms. The fraction of sp³-hybridized carbons (Fsp3) is 0.889. The SMILES string of the molecule is CCCCCCCCCCCCCC(=O)OCCC.N=C=O. The van der Waals surface area contributed by atoms with Crippen LogP contribution in [0.5, 0.6) is 0 Å². The van der Waals surface area contributed by atoms with E-state index in [0.717, 1.165) is 18.9 Å². The number of nitrogens with one attached hydrogen (secondary N) is 1. The highest BCUT2D eigenvalue weighted by molar-refractivity contribution is 5.69. The highest BCUT2D eigenvalue weighted by atomic mass is 16.5. The van der Waals surface area contributed by atoms with Gasteiger partial charge in [-0.1, -0.05) is 78.1 Å². The fourth-order valence-corrected chi connectivity index (χ4v) is 2.22. The molecule has 130 valence electrons. The Kier molecular flexibility index (Phi) is 23.3. The zero-order valence-electron chi connectivity index (χ0n) is 14.6. The number of hydrogen-bond donors (Lipinski definition) is 1. The Morgan fingerprint density at radius 2 is 1.23 bits per heavy atom. The van der Waals surface area contributed by atoms with Crippen molar-refractivity contribution in [2.45, 2.75) is 97.3 Å². The molecule has 0 radical (unpaired) electrons. The second-order valence-electron chi connectivity index (χ2n) is 5.61. The zero-order chi connectivity index (χ0) is 16.9. The van der Waals surface area contributed by atoms with Crippen LogP contribution in [-0.2, 0) is 14.3 Å². The van der Waals surface area contributed by atoms with Crippen molar-refractivity contribution in [1.29, 1.82) is 5.41 Å². The molecule has 0 saturated carbocycles. The summed E-state index contributed by atoms with van der Waals surface area (Å²) >= 11 is 0. The highest BCUT2D eigenvalue weighted by Crippen LogP contribution is 2.12. The van der Waals surface area contributed by atoms with Gasteiger partial charge >= 0.3 is 5.97 Å². The molecule has 22 heavy (non-hydrogen) atoms. The van der Waals surface area contributed by atoms with Crippen molar-refractivity contribution in [2.75, 3.05) is 6.61 Å². The van der Waals surface area contributed by atoms with Gasteiger partial charge in [-0.3, -0.25) is 4.79 Å². The lowest BCUT2D eigenvalue weighted by Crippen LogP contribution is -2.04. The lowest BCUT2D eigenvalue weighted by molar-refractivity contribution is -0.143. The largest absolute Gasteiger partial charge is 0.466 e. The van der Waals surface area contributed by atoms with Crippen LogP contribution in [0.1, 0.15) is 97.3 Å². The van der Waals surface area contributed by atoms with Crippen molar-refractivity contribution in [3.63, 3.8) is 0 Å². The smallest absolute Gasteiger partial charge is 0.305 e. The van der Waals surface area contributed by atoms with Crippen molar-refractivity contribution < 1.29 is 14.3 Å². The molecule has 0 aliphatic carbocycles. The van der Waals surface area contributed by atoms with Crippen molar-refractivity contribution in [3.05, 3.63) is 0 Å². The predicted molar refractivity (Wildman–Crippen MR) is 90.7 cm³/mol. The minimum atomic E-state index is -0.0159. The lowest BCUT2D eigenvalue weighted by atomic mass is 10.1. The van der Waals surface area contributed by atoms with Crippen molar-refractivity contribution in [2.24, 2.45) is 0 Å². The summed E-state index contributed by atoms with van der Waals surface area (Å²) in [4.78, 5) is 19.6. The third-order valence-electron chi connectivity index (χ3n) is 3.45. The number of unbranched alkanes of at least 4 members (excludes halogenated alkanes) is 10. The zero-order valence-corrected chi connectivity index (χ0v) is 14.6. The van der Waals surface area contributed by atoms with Crippen molar-refractivity contribution in [3.8, 4) is 0 Å². The van der Waals surface area contributed by atoms with E-state index in [0.29, 0.717) is 13.0 Å². The molecule has 0 rings (SSSR count). The predicted octanol–water partition coefficient (Wildman–Crippen LogP) is 5.54. The van der Waals surface area contributed by atoms with Crippen LogP contribution < -0.4 is 0 Å². The quantitative estimate of drug-likeness (QED) is 0.198. The maximum atomic E-state index is 11.2. The maximum Gasteiger partial charge on any atom is 0.305 e. The molecule has 0 heterocycles. The molecule has 0 aromatic carbocycles. The number of carbonyl (C=O) groups is 1. The van der Waals surface area contributed by atoms with E-state index in [9.17, 15) is 4.79 Å². The summed E-state index contributed by atoms with van der Waals surface area (Å²) in [5, 5.41) is 5.40.